The van der Waals surface area contributed by atoms with Gasteiger partial charge >= 0.3 is 0 Å². The molecule has 2 fully saturated rings. The van der Waals surface area contributed by atoms with E-state index in [0.29, 0.717) is 18.4 Å². The molecule has 0 amide bonds. The summed E-state index contributed by atoms with van der Waals surface area (Å²) in [6, 6.07) is 0. The number of aliphatic hydroxyl groups is 1. The molecular formula is C14H25NO2. The van der Waals surface area contributed by atoms with E-state index >= 15 is 0 Å². The molecule has 0 spiro atoms. The molecule has 3 heteroatoms. The minimum atomic E-state index is -0.0952. The van der Waals surface area contributed by atoms with Gasteiger partial charge in [0, 0.05) is 25.1 Å². The molecule has 0 radical (unpaired) electrons. The minimum Gasteiger partial charge on any atom is -0.396 e. The van der Waals surface area contributed by atoms with E-state index in [-0.39, 0.29) is 5.41 Å². The zero-order valence-electron chi connectivity index (χ0n) is 10.9. The molecule has 3 unspecified atom stereocenters. The van der Waals surface area contributed by atoms with E-state index in [1.54, 1.807) is 0 Å². The van der Waals surface area contributed by atoms with E-state index in [1.165, 1.54) is 19.1 Å². The summed E-state index contributed by atoms with van der Waals surface area (Å²) in [5.41, 5.74) is -0.0952. The fraction of sp³-hybridized carbons (Fsp3) is 0.929. The van der Waals surface area contributed by atoms with Crippen molar-refractivity contribution in [3.05, 3.63) is 0 Å². The average molecular weight is 239 g/mol. The smallest absolute Gasteiger partial charge is 0.127 e. The molecular weight excluding hydrogens is 214 g/mol. The van der Waals surface area contributed by atoms with E-state index < -0.39 is 0 Å². The third-order valence-corrected chi connectivity index (χ3v) is 4.54. The first-order valence-electron chi connectivity index (χ1n) is 6.97. The third-order valence-electron chi connectivity index (χ3n) is 4.54. The van der Waals surface area contributed by atoms with Crippen LogP contribution in [0.25, 0.3) is 0 Å². The van der Waals surface area contributed by atoms with E-state index in [9.17, 15) is 4.79 Å². The van der Waals surface area contributed by atoms with Crippen molar-refractivity contribution in [1.82, 2.24) is 4.90 Å². The summed E-state index contributed by atoms with van der Waals surface area (Å²) in [4.78, 5) is 13.9. The molecule has 0 bridgehead atoms. The molecule has 1 N–H and O–H groups in total. The zero-order chi connectivity index (χ0) is 12.3. The summed E-state index contributed by atoms with van der Waals surface area (Å²) < 4.78 is 0. The highest BCUT2D eigenvalue weighted by Crippen LogP contribution is 2.39. The van der Waals surface area contributed by atoms with Crippen molar-refractivity contribution in [1.29, 1.82) is 0 Å². The predicted octanol–water partition coefficient (Wildman–Crippen LogP) is 1.70. The second kappa shape index (κ2) is 5.49. The second-order valence-corrected chi connectivity index (χ2v) is 6.25. The highest BCUT2D eigenvalue weighted by Gasteiger charge is 2.37. The SMILES string of the molecule is CC1CCCC(C=O)(CN2CCC(CO)C2)C1. The fourth-order valence-corrected chi connectivity index (χ4v) is 3.64. The Kier molecular flexibility index (Phi) is 4.21. The molecule has 1 heterocycles. The first-order chi connectivity index (χ1) is 8.17. The van der Waals surface area contributed by atoms with Crippen LogP contribution in [0.5, 0.6) is 0 Å². The Balaban J connectivity index is 1.93. The molecule has 2 rings (SSSR count). The zero-order valence-corrected chi connectivity index (χ0v) is 10.9. The number of aldehydes is 1. The number of likely N-dealkylation sites (tertiary alicyclic amines) is 1. The molecule has 0 aromatic heterocycles. The minimum absolute atomic E-state index is 0.0952. The van der Waals surface area contributed by atoms with Gasteiger partial charge in [-0.05, 0) is 37.6 Å². The lowest BCUT2D eigenvalue weighted by atomic mass is 9.71. The summed E-state index contributed by atoms with van der Waals surface area (Å²) in [5.74, 6) is 1.12. The number of rotatable bonds is 4. The Morgan fingerprint density at radius 3 is 2.88 bits per heavy atom. The molecule has 1 saturated heterocycles. The second-order valence-electron chi connectivity index (χ2n) is 6.25. The van der Waals surface area contributed by atoms with Gasteiger partial charge in [0.25, 0.3) is 0 Å². The normalized spacial score (nSPS) is 39.4. The summed E-state index contributed by atoms with van der Waals surface area (Å²) >= 11 is 0. The summed E-state index contributed by atoms with van der Waals surface area (Å²) in [6.07, 6.45) is 6.87. The standard InChI is InChI=1S/C14H25NO2/c1-12-3-2-5-14(7-12,11-17)10-15-6-4-13(8-15)9-16/h11-13,16H,2-10H2,1H3. The van der Waals surface area contributed by atoms with Crippen molar-refractivity contribution in [3.8, 4) is 0 Å². The lowest BCUT2D eigenvalue weighted by Crippen LogP contribution is -2.41. The largest absolute Gasteiger partial charge is 0.396 e. The maximum Gasteiger partial charge on any atom is 0.127 e. The quantitative estimate of drug-likeness (QED) is 0.759. The summed E-state index contributed by atoms with van der Waals surface area (Å²) in [5, 5.41) is 9.16. The average Bonchev–Trinajstić information content (AvgIpc) is 2.76. The lowest BCUT2D eigenvalue weighted by Gasteiger charge is -2.38. The Hall–Kier alpha value is -0.410. The van der Waals surface area contributed by atoms with E-state index in [2.05, 4.69) is 11.8 Å². The van der Waals surface area contributed by atoms with Gasteiger partial charge in [0.05, 0.1) is 0 Å². The van der Waals surface area contributed by atoms with Crippen LogP contribution in [0.15, 0.2) is 0 Å². The van der Waals surface area contributed by atoms with Crippen molar-refractivity contribution in [3.63, 3.8) is 0 Å². The van der Waals surface area contributed by atoms with Crippen LogP contribution in [-0.2, 0) is 4.79 Å². The van der Waals surface area contributed by atoms with Gasteiger partial charge in [-0.1, -0.05) is 19.8 Å². The maximum absolute atomic E-state index is 11.5. The van der Waals surface area contributed by atoms with E-state index in [4.69, 9.17) is 5.11 Å². The van der Waals surface area contributed by atoms with Gasteiger partial charge in [-0.25, -0.2) is 0 Å². The van der Waals surface area contributed by atoms with Crippen LogP contribution in [0, 0.1) is 17.3 Å². The fourth-order valence-electron chi connectivity index (χ4n) is 3.64. The van der Waals surface area contributed by atoms with Crippen LogP contribution in [-0.4, -0.2) is 42.5 Å². The Labute approximate surface area is 104 Å². The number of carbonyl (C=O) groups excluding carboxylic acids is 1. The first kappa shape index (κ1) is 13.0. The number of hydrogen-bond acceptors (Lipinski definition) is 3. The molecule has 3 nitrogen and oxygen atoms in total. The number of aliphatic hydroxyl groups excluding tert-OH is 1. The van der Waals surface area contributed by atoms with Gasteiger partial charge in [0.15, 0.2) is 0 Å². The Bertz CT molecular complexity index is 269. The topological polar surface area (TPSA) is 40.5 Å². The predicted molar refractivity (Wildman–Crippen MR) is 67.8 cm³/mol. The van der Waals surface area contributed by atoms with Crippen LogP contribution in [0.1, 0.15) is 39.0 Å². The molecule has 0 aromatic rings. The van der Waals surface area contributed by atoms with Gasteiger partial charge in [0.1, 0.15) is 6.29 Å². The van der Waals surface area contributed by atoms with Crippen LogP contribution >= 0.6 is 0 Å². The third kappa shape index (κ3) is 3.08. The van der Waals surface area contributed by atoms with Crippen LogP contribution in [0.3, 0.4) is 0 Å². The Morgan fingerprint density at radius 1 is 1.47 bits per heavy atom. The molecule has 2 aliphatic rings. The van der Waals surface area contributed by atoms with Gasteiger partial charge in [-0.2, -0.15) is 0 Å². The Morgan fingerprint density at radius 2 is 2.29 bits per heavy atom. The van der Waals surface area contributed by atoms with Gasteiger partial charge in [-0.3, -0.25) is 0 Å². The molecule has 98 valence electrons. The summed E-state index contributed by atoms with van der Waals surface area (Å²) in [6.45, 7) is 5.49. The molecule has 3 atom stereocenters. The van der Waals surface area contributed by atoms with Crippen LogP contribution < -0.4 is 0 Å². The number of carbonyl (C=O) groups is 1. The molecule has 17 heavy (non-hydrogen) atoms. The van der Waals surface area contributed by atoms with Crippen molar-refractivity contribution in [2.75, 3.05) is 26.2 Å². The number of nitrogens with zero attached hydrogens (tertiary/aromatic N) is 1. The molecule has 1 aliphatic carbocycles. The summed E-state index contributed by atoms with van der Waals surface area (Å²) in [7, 11) is 0. The van der Waals surface area contributed by atoms with Gasteiger partial charge in [0.2, 0.25) is 0 Å². The molecule has 1 aliphatic heterocycles. The lowest BCUT2D eigenvalue weighted by molar-refractivity contribution is -0.119. The highest BCUT2D eigenvalue weighted by molar-refractivity contribution is 5.60. The van der Waals surface area contributed by atoms with Crippen LogP contribution in [0.2, 0.25) is 0 Å². The monoisotopic (exact) mass is 239 g/mol. The first-order valence-corrected chi connectivity index (χ1v) is 6.97. The number of hydrogen-bond donors (Lipinski definition) is 1. The van der Waals surface area contributed by atoms with Crippen molar-refractivity contribution < 1.29 is 9.90 Å². The molecule has 0 aromatic carbocycles. The van der Waals surface area contributed by atoms with Gasteiger partial charge < -0.3 is 14.8 Å². The van der Waals surface area contributed by atoms with Crippen LogP contribution in [0.4, 0.5) is 0 Å². The van der Waals surface area contributed by atoms with Crippen molar-refractivity contribution in [2.24, 2.45) is 17.3 Å². The highest BCUT2D eigenvalue weighted by atomic mass is 16.3. The molecule has 1 saturated carbocycles. The van der Waals surface area contributed by atoms with Crippen molar-refractivity contribution in [2.45, 2.75) is 39.0 Å². The maximum atomic E-state index is 11.5. The van der Waals surface area contributed by atoms with Gasteiger partial charge in [-0.15, -0.1) is 0 Å². The van der Waals surface area contributed by atoms with Crippen molar-refractivity contribution >= 4 is 6.29 Å². The van der Waals surface area contributed by atoms with E-state index in [0.717, 1.165) is 38.9 Å². The van der Waals surface area contributed by atoms with E-state index in [1.807, 2.05) is 0 Å².